The van der Waals surface area contributed by atoms with E-state index in [-0.39, 0.29) is 5.91 Å². The number of hydrogen-bond donors (Lipinski definition) is 2. The van der Waals surface area contributed by atoms with Crippen molar-refractivity contribution < 1.29 is 9.53 Å². The van der Waals surface area contributed by atoms with Crippen LogP contribution in [0.3, 0.4) is 0 Å². The maximum atomic E-state index is 12.0. The van der Waals surface area contributed by atoms with Crippen molar-refractivity contribution in [2.24, 2.45) is 5.92 Å². The number of amides is 1. The average Bonchev–Trinajstić information content (AvgIpc) is 2.46. The monoisotopic (exact) mass is 296 g/mol. The maximum Gasteiger partial charge on any atom is 0.224 e. The molecule has 0 spiro atoms. The summed E-state index contributed by atoms with van der Waals surface area (Å²) in [6.07, 6.45) is 3.80. The van der Waals surface area contributed by atoms with Crippen LogP contribution in [0.25, 0.3) is 0 Å². The number of carbonyl (C=O) groups is 1. The molecule has 1 fully saturated rings. The Morgan fingerprint density at radius 2 is 2.20 bits per heavy atom. The van der Waals surface area contributed by atoms with Gasteiger partial charge in [-0.05, 0) is 50.4 Å². The van der Waals surface area contributed by atoms with Crippen molar-refractivity contribution in [3.8, 4) is 5.75 Å². The first kappa shape index (κ1) is 15.1. The Labute approximate surface area is 124 Å². The number of benzene rings is 1. The Morgan fingerprint density at radius 3 is 2.90 bits per heavy atom. The van der Waals surface area contributed by atoms with E-state index in [1.807, 2.05) is 0 Å². The number of carbonyl (C=O) groups excluding carboxylic acids is 1. The molecule has 1 heterocycles. The Bertz CT molecular complexity index is 459. The van der Waals surface area contributed by atoms with Gasteiger partial charge in [0, 0.05) is 6.42 Å². The Morgan fingerprint density at radius 1 is 1.45 bits per heavy atom. The fraction of sp³-hybridized carbons (Fsp3) is 0.533. The molecule has 1 aliphatic rings. The molecule has 1 aliphatic heterocycles. The normalized spacial score (nSPS) is 15.9. The van der Waals surface area contributed by atoms with E-state index in [0.29, 0.717) is 28.8 Å². The summed E-state index contributed by atoms with van der Waals surface area (Å²) in [7, 11) is 1.55. The van der Waals surface area contributed by atoms with E-state index >= 15 is 0 Å². The fourth-order valence-electron chi connectivity index (χ4n) is 2.53. The molecule has 2 rings (SSSR count). The third-order valence-electron chi connectivity index (χ3n) is 3.68. The second-order valence-electron chi connectivity index (χ2n) is 5.10. The van der Waals surface area contributed by atoms with Crippen molar-refractivity contribution in [3.05, 3.63) is 23.2 Å². The predicted molar refractivity (Wildman–Crippen MR) is 81.5 cm³/mol. The summed E-state index contributed by atoms with van der Waals surface area (Å²) in [4.78, 5) is 12.0. The van der Waals surface area contributed by atoms with Crippen LogP contribution in [0.4, 0.5) is 5.69 Å². The highest BCUT2D eigenvalue weighted by Gasteiger charge is 2.15. The van der Waals surface area contributed by atoms with Gasteiger partial charge < -0.3 is 15.4 Å². The largest absolute Gasteiger partial charge is 0.493 e. The highest BCUT2D eigenvalue weighted by atomic mass is 35.5. The highest BCUT2D eigenvalue weighted by molar-refractivity contribution is 6.32. The Hall–Kier alpha value is -1.26. The van der Waals surface area contributed by atoms with E-state index in [1.165, 1.54) is 0 Å². The summed E-state index contributed by atoms with van der Waals surface area (Å²) in [5, 5.41) is 6.71. The molecule has 0 aromatic heterocycles. The van der Waals surface area contributed by atoms with Gasteiger partial charge in [0.15, 0.2) is 5.75 Å². The number of ether oxygens (including phenoxy) is 1. The van der Waals surface area contributed by atoms with Gasteiger partial charge in [-0.15, -0.1) is 0 Å². The van der Waals surface area contributed by atoms with Gasteiger partial charge in [0.05, 0.1) is 17.8 Å². The molecule has 0 aliphatic carbocycles. The smallest absolute Gasteiger partial charge is 0.224 e. The zero-order chi connectivity index (χ0) is 14.4. The zero-order valence-electron chi connectivity index (χ0n) is 11.7. The molecular weight excluding hydrogens is 276 g/mol. The number of rotatable bonds is 5. The molecule has 1 saturated heterocycles. The van der Waals surface area contributed by atoms with E-state index in [9.17, 15) is 4.79 Å². The molecule has 1 aromatic rings. The lowest BCUT2D eigenvalue weighted by Crippen LogP contribution is -2.28. The zero-order valence-corrected chi connectivity index (χ0v) is 12.5. The van der Waals surface area contributed by atoms with Crippen molar-refractivity contribution in [3.63, 3.8) is 0 Å². The van der Waals surface area contributed by atoms with Gasteiger partial charge in [-0.25, -0.2) is 0 Å². The molecule has 0 saturated carbocycles. The molecule has 2 N–H and O–H groups in total. The van der Waals surface area contributed by atoms with Gasteiger partial charge in [0.2, 0.25) is 5.91 Å². The molecule has 5 heteroatoms. The van der Waals surface area contributed by atoms with Crippen molar-refractivity contribution in [2.45, 2.75) is 25.7 Å². The van der Waals surface area contributed by atoms with Crippen LogP contribution in [-0.4, -0.2) is 26.1 Å². The molecule has 110 valence electrons. The second-order valence-corrected chi connectivity index (χ2v) is 5.51. The number of anilines is 1. The van der Waals surface area contributed by atoms with Crippen LogP contribution in [0.15, 0.2) is 18.2 Å². The van der Waals surface area contributed by atoms with Gasteiger partial charge in [-0.1, -0.05) is 17.7 Å². The molecular formula is C15H21ClN2O2. The minimum absolute atomic E-state index is 0.0177. The third-order valence-corrected chi connectivity index (χ3v) is 3.98. The average molecular weight is 297 g/mol. The molecule has 0 radical (unpaired) electrons. The standard InChI is InChI=1S/C15H21ClN2O2/c1-20-15-12(16)3-2-4-13(15)18-14(19)6-5-11-7-9-17-10-8-11/h2-4,11,17H,5-10H2,1H3,(H,18,19). The van der Waals surface area contributed by atoms with E-state index in [4.69, 9.17) is 16.3 Å². The van der Waals surface area contributed by atoms with Crippen LogP contribution in [-0.2, 0) is 4.79 Å². The van der Waals surface area contributed by atoms with Crippen LogP contribution in [0.1, 0.15) is 25.7 Å². The van der Waals surface area contributed by atoms with Gasteiger partial charge in [0.1, 0.15) is 0 Å². The number of methoxy groups -OCH3 is 1. The SMILES string of the molecule is COc1c(Cl)cccc1NC(=O)CCC1CCNCC1. The second kappa shape index (κ2) is 7.50. The van der Waals surface area contributed by atoms with E-state index < -0.39 is 0 Å². The Balaban J connectivity index is 1.86. The van der Waals surface area contributed by atoms with Crippen molar-refractivity contribution in [2.75, 3.05) is 25.5 Å². The minimum Gasteiger partial charge on any atom is -0.493 e. The van der Waals surface area contributed by atoms with Crippen molar-refractivity contribution >= 4 is 23.2 Å². The third kappa shape index (κ3) is 4.12. The molecule has 0 bridgehead atoms. The predicted octanol–water partition coefficient (Wildman–Crippen LogP) is 3.07. The summed E-state index contributed by atoms with van der Waals surface area (Å²) in [6.45, 7) is 2.13. The summed E-state index contributed by atoms with van der Waals surface area (Å²) >= 11 is 6.03. The van der Waals surface area contributed by atoms with Gasteiger partial charge >= 0.3 is 0 Å². The highest BCUT2D eigenvalue weighted by Crippen LogP contribution is 2.32. The number of halogens is 1. The number of para-hydroxylation sites is 1. The summed E-state index contributed by atoms with van der Waals surface area (Å²) in [5.74, 6) is 1.19. The lowest BCUT2D eigenvalue weighted by Gasteiger charge is -2.22. The van der Waals surface area contributed by atoms with Crippen molar-refractivity contribution in [1.82, 2.24) is 5.32 Å². The van der Waals surface area contributed by atoms with Gasteiger partial charge in [0.25, 0.3) is 0 Å². The molecule has 0 unspecified atom stereocenters. The van der Waals surface area contributed by atoms with Crippen LogP contribution >= 0.6 is 11.6 Å². The Kier molecular flexibility index (Phi) is 5.68. The molecule has 1 amide bonds. The molecule has 0 atom stereocenters. The summed E-state index contributed by atoms with van der Waals surface area (Å²) in [5.41, 5.74) is 0.635. The number of hydrogen-bond acceptors (Lipinski definition) is 3. The first-order valence-electron chi connectivity index (χ1n) is 7.03. The fourth-order valence-corrected chi connectivity index (χ4v) is 2.78. The van der Waals surface area contributed by atoms with Crippen molar-refractivity contribution in [1.29, 1.82) is 0 Å². The van der Waals surface area contributed by atoms with E-state index in [2.05, 4.69) is 10.6 Å². The lowest BCUT2D eigenvalue weighted by atomic mass is 9.93. The van der Waals surface area contributed by atoms with Gasteiger partial charge in [-0.3, -0.25) is 4.79 Å². The first-order valence-corrected chi connectivity index (χ1v) is 7.41. The van der Waals surface area contributed by atoms with Crippen LogP contribution in [0.5, 0.6) is 5.75 Å². The van der Waals surface area contributed by atoms with Crippen LogP contribution in [0, 0.1) is 5.92 Å². The molecule has 20 heavy (non-hydrogen) atoms. The quantitative estimate of drug-likeness (QED) is 0.878. The van der Waals surface area contributed by atoms with E-state index in [0.717, 1.165) is 32.4 Å². The van der Waals surface area contributed by atoms with E-state index in [1.54, 1.807) is 25.3 Å². The lowest BCUT2D eigenvalue weighted by molar-refractivity contribution is -0.116. The van der Waals surface area contributed by atoms with Gasteiger partial charge in [-0.2, -0.15) is 0 Å². The molecule has 1 aromatic carbocycles. The molecule has 4 nitrogen and oxygen atoms in total. The summed E-state index contributed by atoms with van der Waals surface area (Å²) in [6, 6.07) is 5.34. The maximum absolute atomic E-state index is 12.0. The minimum atomic E-state index is 0.0177. The number of nitrogens with one attached hydrogen (secondary N) is 2. The van der Waals surface area contributed by atoms with Crippen LogP contribution < -0.4 is 15.4 Å². The topological polar surface area (TPSA) is 50.4 Å². The number of piperidine rings is 1. The first-order chi connectivity index (χ1) is 9.70. The summed E-state index contributed by atoms with van der Waals surface area (Å²) < 4.78 is 5.22. The van der Waals surface area contributed by atoms with Crippen LogP contribution in [0.2, 0.25) is 5.02 Å².